The van der Waals surface area contributed by atoms with Gasteiger partial charge in [-0.25, -0.2) is 17.5 Å². The van der Waals surface area contributed by atoms with Crippen LogP contribution >= 0.6 is 0 Å². The van der Waals surface area contributed by atoms with Crippen LogP contribution in [0.4, 0.5) is 0 Å². The number of nitrogens with zero attached hydrogens (tertiary/aromatic N) is 1. The third kappa shape index (κ3) is 6.45. The third-order valence-electron chi connectivity index (χ3n) is 5.64. The highest BCUT2D eigenvalue weighted by atomic mass is 32.2. The largest absolute Gasteiger partial charge is 0.497 e. The fraction of sp³-hybridized carbons (Fsp3) is 0.100. The quantitative estimate of drug-likeness (QED) is 0.201. The van der Waals surface area contributed by atoms with Crippen LogP contribution in [-0.4, -0.2) is 25.8 Å². The maximum absolute atomic E-state index is 14.0. The molecule has 4 rings (SSSR count). The van der Waals surface area contributed by atoms with Gasteiger partial charge in [0.1, 0.15) is 5.75 Å². The molecule has 0 unspecified atom stereocenters. The minimum absolute atomic E-state index is 0.0406. The van der Waals surface area contributed by atoms with E-state index in [4.69, 9.17) is 9.47 Å². The summed E-state index contributed by atoms with van der Waals surface area (Å²) in [5.41, 5.74) is 2.59. The smallest absolute Gasteiger partial charge is 0.344 e. The molecule has 0 heterocycles. The van der Waals surface area contributed by atoms with Gasteiger partial charge < -0.3 is 9.47 Å². The predicted molar refractivity (Wildman–Crippen MR) is 143 cm³/mol. The van der Waals surface area contributed by atoms with Gasteiger partial charge in [-0.3, -0.25) is 0 Å². The Bertz CT molecular complexity index is 1470. The summed E-state index contributed by atoms with van der Waals surface area (Å²) in [6, 6.07) is 31.2. The molecule has 0 N–H and O–H groups in total. The first-order chi connectivity index (χ1) is 17.9. The third-order valence-corrected chi connectivity index (χ3v) is 7.39. The van der Waals surface area contributed by atoms with Crippen molar-refractivity contribution in [2.45, 2.75) is 18.4 Å². The number of methoxy groups -OCH3 is 1. The monoisotopic (exact) mass is 513 g/mol. The van der Waals surface area contributed by atoms with Crippen LogP contribution in [0.3, 0.4) is 0 Å². The molecule has 188 valence electrons. The molecular formula is C30H27NO5S. The van der Waals surface area contributed by atoms with Crippen LogP contribution in [0.2, 0.25) is 0 Å². The van der Waals surface area contributed by atoms with Crippen molar-refractivity contribution in [2.24, 2.45) is 0 Å². The Labute approximate surface area is 217 Å². The van der Waals surface area contributed by atoms with E-state index in [0.29, 0.717) is 16.9 Å². The van der Waals surface area contributed by atoms with E-state index in [2.05, 4.69) is 0 Å². The Morgan fingerprint density at radius 1 is 0.811 bits per heavy atom. The van der Waals surface area contributed by atoms with Crippen LogP contribution in [0.25, 0.3) is 6.08 Å². The molecule has 0 radical (unpaired) electrons. The van der Waals surface area contributed by atoms with Gasteiger partial charge in [0, 0.05) is 6.08 Å². The number of hydrogen-bond donors (Lipinski definition) is 0. The summed E-state index contributed by atoms with van der Waals surface area (Å²) < 4.78 is 40.1. The lowest BCUT2D eigenvalue weighted by molar-refractivity contribution is 0.0561. The Hall–Kier alpha value is -4.36. The first-order valence-electron chi connectivity index (χ1n) is 11.6. The molecule has 0 aliphatic carbocycles. The molecule has 4 aromatic carbocycles. The lowest BCUT2D eigenvalue weighted by Gasteiger charge is -2.26. The van der Waals surface area contributed by atoms with Crippen molar-refractivity contribution in [3.8, 4) is 5.75 Å². The number of benzene rings is 4. The first kappa shape index (κ1) is 25.7. The number of carbonyl (C=O) groups is 1. The molecule has 0 aromatic heterocycles. The highest BCUT2D eigenvalue weighted by Crippen LogP contribution is 2.27. The van der Waals surface area contributed by atoms with Crippen LogP contribution in [0.15, 0.2) is 120 Å². The van der Waals surface area contributed by atoms with Gasteiger partial charge in [-0.1, -0.05) is 78.4 Å². The normalized spacial score (nSPS) is 11.6. The zero-order chi connectivity index (χ0) is 26.3. The van der Waals surface area contributed by atoms with Gasteiger partial charge >= 0.3 is 5.97 Å². The van der Waals surface area contributed by atoms with E-state index < -0.39 is 16.0 Å². The molecule has 0 bridgehead atoms. The summed E-state index contributed by atoms with van der Waals surface area (Å²) in [7, 11) is -2.55. The van der Waals surface area contributed by atoms with Crippen molar-refractivity contribution >= 4 is 22.1 Å². The zero-order valence-corrected chi connectivity index (χ0v) is 21.4. The van der Waals surface area contributed by atoms with Crippen molar-refractivity contribution in [3.63, 3.8) is 0 Å². The van der Waals surface area contributed by atoms with Gasteiger partial charge in [0.05, 0.1) is 24.1 Å². The summed E-state index contributed by atoms with van der Waals surface area (Å²) >= 11 is 0. The van der Waals surface area contributed by atoms with Crippen molar-refractivity contribution in [2.75, 3.05) is 7.11 Å². The van der Waals surface area contributed by atoms with Gasteiger partial charge in [-0.15, -0.1) is 0 Å². The summed E-state index contributed by atoms with van der Waals surface area (Å²) in [4.78, 5) is 13.2. The molecule has 0 aliphatic heterocycles. The van der Waals surface area contributed by atoms with Gasteiger partial charge in [-0.2, -0.15) is 0 Å². The molecule has 6 nitrogen and oxygen atoms in total. The summed E-state index contributed by atoms with van der Waals surface area (Å²) in [5, 5.41) is 0. The Kier molecular flexibility index (Phi) is 8.05. The van der Waals surface area contributed by atoms with E-state index >= 15 is 0 Å². The Morgan fingerprint density at radius 3 is 2.00 bits per heavy atom. The SMILES string of the molecule is COc1ccc(/C=C(/OC(=O)c2ccccc2)N(Cc2ccccc2)S(=O)(=O)c2ccc(C)cc2)cc1. The first-order valence-corrected chi connectivity index (χ1v) is 13.1. The number of aryl methyl sites for hydroxylation is 1. The van der Waals surface area contributed by atoms with Crippen molar-refractivity contribution in [3.05, 3.63) is 137 Å². The molecule has 0 aliphatic rings. The summed E-state index contributed by atoms with van der Waals surface area (Å²) in [6.45, 7) is 1.84. The molecular weight excluding hydrogens is 486 g/mol. The van der Waals surface area contributed by atoms with E-state index in [-0.39, 0.29) is 17.3 Å². The molecule has 0 atom stereocenters. The number of carbonyl (C=O) groups excluding carboxylic acids is 1. The molecule has 37 heavy (non-hydrogen) atoms. The predicted octanol–water partition coefficient (Wildman–Crippen LogP) is 6.05. The van der Waals surface area contributed by atoms with Gasteiger partial charge in [0.2, 0.25) is 5.88 Å². The molecule has 0 spiro atoms. The second kappa shape index (κ2) is 11.6. The van der Waals surface area contributed by atoms with E-state index in [1.165, 1.54) is 6.08 Å². The summed E-state index contributed by atoms with van der Waals surface area (Å²) in [5.74, 6) is -0.144. The molecule has 0 fully saturated rings. The average Bonchev–Trinajstić information content (AvgIpc) is 2.93. The van der Waals surface area contributed by atoms with Gasteiger partial charge in [0.25, 0.3) is 10.0 Å². The average molecular weight is 514 g/mol. The Morgan fingerprint density at radius 2 is 1.41 bits per heavy atom. The minimum atomic E-state index is -4.11. The lowest BCUT2D eigenvalue weighted by atomic mass is 10.2. The maximum Gasteiger partial charge on any atom is 0.344 e. The fourth-order valence-corrected chi connectivity index (χ4v) is 4.97. The van der Waals surface area contributed by atoms with Crippen LogP contribution in [0, 0.1) is 6.92 Å². The number of hydrogen-bond acceptors (Lipinski definition) is 5. The van der Waals surface area contributed by atoms with Crippen LogP contribution in [0.5, 0.6) is 5.75 Å². The van der Waals surface area contributed by atoms with Crippen molar-refractivity contribution in [1.82, 2.24) is 4.31 Å². The second-order valence-electron chi connectivity index (χ2n) is 8.32. The number of ether oxygens (including phenoxy) is 2. The van der Waals surface area contributed by atoms with Crippen LogP contribution in [0.1, 0.15) is 27.0 Å². The van der Waals surface area contributed by atoms with E-state index in [9.17, 15) is 13.2 Å². The number of sulfonamides is 1. The maximum atomic E-state index is 14.0. The van der Waals surface area contributed by atoms with Gasteiger partial charge in [-0.05, 0) is 54.4 Å². The second-order valence-corrected chi connectivity index (χ2v) is 10.2. The van der Waals surface area contributed by atoms with Crippen LogP contribution < -0.4 is 4.74 Å². The molecule has 4 aromatic rings. The highest BCUT2D eigenvalue weighted by molar-refractivity contribution is 7.89. The molecule has 0 saturated heterocycles. The van der Waals surface area contributed by atoms with Crippen molar-refractivity contribution in [1.29, 1.82) is 0 Å². The molecule has 0 amide bonds. The van der Waals surface area contributed by atoms with Crippen LogP contribution in [-0.2, 0) is 21.3 Å². The lowest BCUT2D eigenvalue weighted by Crippen LogP contribution is -2.32. The van der Waals surface area contributed by atoms with E-state index in [1.807, 2.05) is 37.3 Å². The standard InChI is InChI=1S/C30H27NO5S/c1-23-13-19-28(20-14-23)37(33,34)31(22-25-9-5-3-6-10-25)29(21-24-15-17-27(35-2)18-16-24)36-30(32)26-11-7-4-8-12-26/h3-21H,22H2,1-2H3/b29-21+. The van der Waals surface area contributed by atoms with E-state index in [0.717, 1.165) is 15.4 Å². The molecule has 0 saturated carbocycles. The van der Waals surface area contributed by atoms with Crippen molar-refractivity contribution < 1.29 is 22.7 Å². The van der Waals surface area contributed by atoms with Gasteiger partial charge in [0.15, 0.2) is 0 Å². The highest BCUT2D eigenvalue weighted by Gasteiger charge is 2.30. The number of esters is 1. The van der Waals surface area contributed by atoms with E-state index in [1.54, 1.807) is 86.0 Å². The fourth-order valence-electron chi connectivity index (χ4n) is 3.59. The topological polar surface area (TPSA) is 72.9 Å². The zero-order valence-electron chi connectivity index (χ0n) is 20.6. The number of rotatable bonds is 9. The Balaban J connectivity index is 1.84. The molecule has 7 heteroatoms. The summed E-state index contributed by atoms with van der Waals surface area (Å²) in [6.07, 6.45) is 1.54. The minimum Gasteiger partial charge on any atom is -0.497 e.